The van der Waals surface area contributed by atoms with Crippen LogP contribution < -0.4 is 0 Å². The molecule has 14 heteroatoms. The predicted octanol–water partition coefficient (Wildman–Crippen LogP) is 21.7. The van der Waals surface area contributed by atoms with E-state index >= 15 is 0 Å². The molecule has 0 aliphatic rings. The minimum Gasteiger partial charge on any atom is -0.373 e. The van der Waals surface area contributed by atoms with Crippen molar-refractivity contribution in [3.8, 4) is 0 Å². The van der Waals surface area contributed by atoms with Crippen LogP contribution in [0.25, 0.3) is 0 Å². The fraction of sp³-hybridized carbons (Fsp3) is 1.00. The van der Waals surface area contributed by atoms with Gasteiger partial charge in [-0.25, -0.2) is 0 Å². The average molecular weight is 1110 g/mol. The molecule has 0 spiro atoms. The summed E-state index contributed by atoms with van der Waals surface area (Å²) in [5, 5.41) is 0. The standard InChI is InChI=1S/C54H114O6S6Si2/c1-9-17-23-29-35-41-47-55-67(56-48-42-36-30-24-18-10-2,57-49-43-37-31-25-19-11-3)53(15-7)61-63-65-66-64-62-54(16-8)68(58-50-44-38-32-26-20-12-4,59-51-45-39-33-27-21-13-5)60-52-46-40-34-28-22-14-6/h53-54H,9-52H2,1-8H3. The summed E-state index contributed by atoms with van der Waals surface area (Å²) in [6.07, 6.45) is 47.2. The van der Waals surface area contributed by atoms with E-state index in [-0.39, 0.29) is 9.75 Å². The Morgan fingerprint density at radius 3 is 0.588 bits per heavy atom. The molecule has 68 heavy (non-hydrogen) atoms. The first-order valence-corrected chi connectivity index (χ1v) is 40.5. The number of hydrogen-bond acceptors (Lipinski definition) is 12. The van der Waals surface area contributed by atoms with Crippen LogP contribution >= 0.6 is 60.9 Å². The van der Waals surface area contributed by atoms with Crippen LogP contribution in [0.15, 0.2) is 0 Å². The van der Waals surface area contributed by atoms with Crippen LogP contribution in [-0.2, 0) is 26.6 Å². The summed E-state index contributed by atoms with van der Waals surface area (Å²) >= 11 is 0. The lowest BCUT2D eigenvalue weighted by molar-refractivity contribution is 0.0527. The molecule has 0 aromatic carbocycles. The van der Waals surface area contributed by atoms with E-state index in [4.69, 9.17) is 26.6 Å². The highest BCUT2D eigenvalue weighted by atomic mass is 33.9. The van der Waals surface area contributed by atoms with Gasteiger partial charge in [-0.3, -0.25) is 0 Å². The van der Waals surface area contributed by atoms with Crippen molar-refractivity contribution in [2.75, 3.05) is 39.6 Å². The van der Waals surface area contributed by atoms with Crippen molar-refractivity contribution in [1.82, 2.24) is 0 Å². The SMILES string of the molecule is CCCCCCCCO[Si](OCCCCCCCC)(OCCCCCCCC)C(CC)SSSSSSC(CC)[Si](OCCCCCCCC)(OCCCCCCCC)OCCCCCCCC. The Labute approximate surface area is 450 Å². The minimum atomic E-state index is -2.98. The highest BCUT2D eigenvalue weighted by molar-refractivity contribution is 9.42. The maximum atomic E-state index is 7.03. The molecule has 0 bridgehead atoms. The fourth-order valence-corrected chi connectivity index (χ4v) is 31.5. The summed E-state index contributed by atoms with van der Waals surface area (Å²) in [4.78, 5) is 0.395. The van der Waals surface area contributed by atoms with Gasteiger partial charge in [0.2, 0.25) is 0 Å². The third-order valence-corrected chi connectivity index (χ3v) is 33.5. The molecule has 0 N–H and O–H groups in total. The second kappa shape index (κ2) is 55.5. The van der Waals surface area contributed by atoms with Gasteiger partial charge in [0.15, 0.2) is 0 Å². The van der Waals surface area contributed by atoms with E-state index < -0.39 is 17.6 Å². The van der Waals surface area contributed by atoms with Crippen molar-refractivity contribution in [2.45, 2.75) is 309 Å². The second-order valence-electron chi connectivity index (χ2n) is 19.2. The smallest absolute Gasteiger partial charge is 0.373 e. The van der Waals surface area contributed by atoms with E-state index in [1.54, 1.807) is 0 Å². The molecule has 0 saturated heterocycles. The summed E-state index contributed by atoms with van der Waals surface area (Å²) in [7, 11) is 5.44. The highest BCUT2D eigenvalue weighted by Gasteiger charge is 2.51. The molecular formula is C54H114O6S6Si2. The van der Waals surface area contributed by atoms with Crippen molar-refractivity contribution in [1.29, 1.82) is 0 Å². The van der Waals surface area contributed by atoms with Crippen LogP contribution in [0.2, 0.25) is 0 Å². The molecule has 0 aliphatic carbocycles. The number of unbranched alkanes of at least 4 members (excludes halogenated alkanes) is 30. The molecule has 0 rings (SSSR count). The maximum Gasteiger partial charge on any atom is 0.515 e. The van der Waals surface area contributed by atoms with Crippen molar-refractivity contribution in [2.24, 2.45) is 0 Å². The summed E-state index contributed by atoms with van der Waals surface area (Å²) in [6, 6.07) is 0. The van der Waals surface area contributed by atoms with Crippen molar-refractivity contribution >= 4 is 78.5 Å². The molecular weight excluding hydrogens is 993 g/mol. The topological polar surface area (TPSA) is 55.4 Å². The van der Waals surface area contributed by atoms with Gasteiger partial charge >= 0.3 is 17.6 Å². The normalized spacial score (nSPS) is 13.2. The van der Waals surface area contributed by atoms with E-state index in [1.165, 1.54) is 193 Å². The Hall–Kier alpha value is 2.29. The van der Waals surface area contributed by atoms with E-state index in [0.29, 0.717) is 0 Å². The third kappa shape index (κ3) is 40.6. The molecule has 2 atom stereocenters. The van der Waals surface area contributed by atoms with Crippen molar-refractivity contribution < 1.29 is 26.6 Å². The van der Waals surface area contributed by atoms with Crippen LogP contribution in [0.5, 0.6) is 0 Å². The molecule has 0 amide bonds. The zero-order chi connectivity index (χ0) is 49.8. The zero-order valence-electron chi connectivity index (χ0n) is 46.2. The Balaban J connectivity index is 6.00. The van der Waals surface area contributed by atoms with E-state index in [0.717, 1.165) is 91.0 Å². The molecule has 0 saturated carbocycles. The maximum absolute atomic E-state index is 7.03. The third-order valence-electron chi connectivity index (χ3n) is 12.7. The van der Waals surface area contributed by atoms with Crippen molar-refractivity contribution in [3.63, 3.8) is 0 Å². The lowest BCUT2D eigenvalue weighted by Gasteiger charge is -2.35. The quantitative estimate of drug-likeness (QED) is 0.0331. The van der Waals surface area contributed by atoms with Gasteiger partial charge in [-0.15, -0.1) is 0 Å². The molecule has 0 aromatic rings. The van der Waals surface area contributed by atoms with E-state index in [9.17, 15) is 0 Å². The lowest BCUT2D eigenvalue weighted by atomic mass is 10.1. The Morgan fingerprint density at radius 2 is 0.412 bits per heavy atom. The molecule has 0 aromatic heterocycles. The Bertz CT molecular complexity index is 820. The molecule has 0 heterocycles. The van der Waals surface area contributed by atoms with Gasteiger partial charge in [-0.1, -0.05) is 270 Å². The summed E-state index contributed by atoms with van der Waals surface area (Å²) < 4.78 is 42.2. The monoisotopic (exact) mass is 1110 g/mol. The molecule has 6 nitrogen and oxygen atoms in total. The van der Waals surface area contributed by atoms with Gasteiger partial charge in [-0.05, 0) is 90.7 Å². The Kier molecular flexibility index (Phi) is 57.4. The largest absolute Gasteiger partial charge is 0.515 e. The minimum absolute atomic E-state index is 0.197. The van der Waals surface area contributed by atoms with Gasteiger partial charge < -0.3 is 26.6 Å². The molecule has 2 unspecified atom stereocenters. The first-order chi connectivity index (χ1) is 33.5. The van der Waals surface area contributed by atoms with Crippen molar-refractivity contribution in [3.05, 3.63) is 0 Å². The van der Waals surface area contributed by atoms with Crippen LogP contribution in [0.4, 0.5) is 0 Å². The van der Waals surface area contributed by atoms with Gasteiger partial charge in [0.05, 0.1) is 9.75 Å². The highest BCUT2D eigenvalue weighted by Crippen LogP contribution is 2.56. The second-order valence-corrected chi connectivity index (χ2v) is 35.3. The Morgan fingerprint density at radius 1 is 0.235 bits per heavy atom. The summed E-state index contributed by atoms with van der Waals surface area (Å²) in [5.41, 5.74) is 0. The fourth-order valence-electron chi connectivity index (χ4n) is 8.29. The van der Waals surface area contributed by atoms with E-state index in [2.05, 4.69) is 55.4 Å². The first kappa shape index (κ1) is 70.3. The van der Waals surface area contributed by atoms with Crippen LogP contribution in [-0.4, -0.2) is 67.0 Å². The summed E-state index contributed by atoms with van der Waals surface area (Å²) in [6.45, 7) is 22.9. The van der Waals surface area contributed by atoms with Gasteiger partial charge in [0.1, 0.15) is 0 Å². The van der Waals surface area contributed by atoms with Gasteiger partial charge in [0, 0.05) is 39.6 Å². The summed E-state index contributed by atoms with van der Waals surface area (Å²) in [5.74, 6) is 0. The molecule has 0 aliphatic heterocycles. The predicted molar refractivity (Wildman–Crippen MR) is 321 cm³/mol. The molecule has 410 valence electrons. The first-order valence-electron chi connectivity index (χ1n) is 29.3. The average Bonchev–Trinajstić information content (AvgIpc) is 3.35. The van der Waals surface area contributed by atoms with Crippen LogP contribution in [0.3, 0.4) is 0 Å². The van der Waals surface area contributed by atoms with Gasteiger partial charge in [-0.2, -0.15) is 0 Å². The van der Waals surface area contributed by atoms with Crippen LogP contribution in [0.1, 0.15) is 299 Å². The number of hydrogen-bond donors (Lipinski definition) is 0. The molecule has 0 fully saturated rings. The van der Waals surface area contributed by atoms with Gasteiger partial charge in [0.25, 0.3) is 0 Å². The van der Waals surface area contributed by atoms with Crippen LogP contribution in [0, 0.1) is 0 Å². The van der Waals surface area contributed by atoms with E-state index in [1.807, 2.05) is 60.9 Å². The zero-order valence-corrected chi connectivity index (χ0v) is 53.1. The number of rotatable bonds is 59. The lowest BCUT2D eigenvalue weighted by Crippen LogP contribution is -2.55. The molecule has 0 radical (unpaired) electrons.